The maximum absolute atomic E-state index is 10.4. The highest BCUT2D eigenvalue weighted by Crippen LogP contribution is 2.12. The number of hydrogen-bond donors (Lipinski definition) is 4. The van der Waals surface area contributed by atoms with Gasteiger partial charge in [0, 0.05) is 6.07 Å². The van der Waals surface area contributed by atoms with E-state index in [-0.39, 0.29) is 6.04 Å². The average molecular weight is 307 g/mol. The molecular weight excluding hydrogens is 290 g/mol. The van der Waals surface area contributed by atoms with Crippen LogP contribution in [0.3, 0.4) is 0 Å². The first kappa shape index (κ1) is 17.3. The summed E-state index contributed by atoms with van der Waals surface area (Å²) in [6.45, 7) is 1.90. The maximum atomic E-state index is 10.4. The minimum absolute atomic E-state index is 0.0393. The molecule has 0 saturated heterocycles. The Hall–Kier alpha value is -2.71. The van der Waals surface area contributed by atoms with Gasteiger partial charge >= 0.3 is 5.69 Å². The van der Waals surface area contributed by atoms with E-state index in [0.29, 0.717) is 0 Å². The predicted molar refractivity (Wildman–Crippen MR) is 75.8 cm³/mol. The predicted octanol–water partition coefficient (Wildman–Crippen LogP) is -2.22. The molecule has 2 rings (SSSR count). The molecular formula is C14H17N3O5. The van der Waals surface area contributed by atoms with Crippen LogP contribution in [-0.2, 0) is 0 Å². The van der Waals surface area contributed by atoms with Crippen molar-refractivity contribution in [3.8, 4) is 0 Å². The van der Waals surface area contributed by atoms with Crippen LogP contribution in [0.1, 0.15) is 29.1 Å². The molecule has 2 aromatic rings. The highest BCUT2D eigenvalue weighted by molar-refractivity contribution is 5.82. The highest BCUT2D eigenvalue weighted by atomic mass is 16.4. The summed E-state index contributed by atoms with van der Waals surface area (Å²) in [6, 6.07) is 10.4. The van der Waals surface area contributed by atoms with Crippen LogP contribution in [0, 0.1) is 0 Å². The zero-order valence-electron chi connectivity index (χ0n) is 11.9. The van der Waals surface area contributed by atoms with Crippen molar-refractivity contribution < 1.29 is 20.7 Å². The van der Waals surface area contributed by atoms with Crippen LogP contribution < -0.4 is 22.1 Å². The number of carbonyl (C=O) groups excluding carboxylic acids is 1. The van der Waals surface area contributed by atoms with Gasteiger partial charge in [-0.1, -0.05) is 30.3 Å². The molecule has 8 nitrogen and oxygen atoms in total. The lowest BCUT2D eigenvalue weighted by Crippen LogP contribution is -2.61. The number of aromatic nitrogens is 2. The number of aromatic carboxylic acids is 1. The summed E-state index contributed by atoms with van der Waals surface area (Å²) < 4.78 is 0. The molecule has 1 heterocycles. The number of carboxylic acid groups (broad SMARTS) is 1. The van der Waals surface area contributed by atoms with E-state index in [0.717, 1.165) is 11.6 Å². The van der Waals surface area contributed by atoms with Crippen LogP contribution in [0.2, 0.25) is 0 Å². The van der Waals surface area contributed by atoms with Gasteiger partial charge in [0.05, 0.1) is 11.7 Å². The van der Waals surface area contributed by atoms with Gasteiger partial charge in [-0.05, 0) is 12.5 Å². The number of carbonyl (C=O) groups is 1. The highest BCUT2D eigenvalue weighted by Gasteiger charge is 2.13. The van der Waals surface area contributed by atoms with Crippen molar-refractivity contribution in [1.82, 2.24) is 9.97 Å². The van der Waals surface area contributed by atoms with Crippen molar-refractivity contribution in [2.75, 3.05) is 0 Å². The molecule has 0 aliphatic carbocycles. The number of hydrogen-bond acceptors (Lipinski definition) is 5. The largest absolute Gasteiger partial charge is 0.543 e. The van der Waals surface area contributed by atoms with Gasteiger partial charge in [0.1, 0.15) is 12.1 Å². The van der Waals surface area contributed by atoms with Crippen LogP contribution in [0.25, 0.3) is 0 Å². The maximum Gasteiger partial charge on any atom is 0.326 e. The quantitative estimate of drug-likeness (QED) is 0.505. The monoisotopic (exact) mass is 307 g/mol. The van der Waals surface area contributed by atoms with E-state index >= 15 is 0 Å². The van der Waals surface area contributed by atoms with E-state index in [2.05, 4.69) is 5.73 Å². The molecule has 0 aliphatic rings. The van der Waals surface area contributed by atoms with Crippen LogP contribution in [0.5, 0.6) is 0 Å². The van der Waals surface area contributed by atoms with Crippen LogP contribution >= 0.6 is 0 Å². The lowest BCUT2D eigenvalue weighted by atomic mass is 10.0. The molecule has 0 amide bonds. The summed E-state index contributed by atoms with van der Waals surface area (Å²) in [7, 11) is 0. The molecule has 6 N–H and O–H groups in total. The summed E-state index contributed by atoms with van der Waals surface area (Å²) in [5, 5.41) is 19.6. The third-order valence-corrected chi connectivity index (χ3v) is 2.66. The fourth-order valence-corrected chi connectivity index (χ4v) is 1.56. The fourth-order valence-electron chi connectivity index (χ4n) is 1.56. The molecule has 0 aliphatic heterocycles. The number of H-pyrrole nitrogens is 2. The normalized spacial score (nSPS) is 12.7. The number of benzene rings is 1. The molecule has 2 unspecified atom stereocenters. The molecule has 1 aromatic carbocycles. The Kier molecular flexibility index (Phi) is 6.24. The van der Waals surface area contributed by atoms with E-state index in [1.807, 2.05) is 47.2 Å². The Morgan fingerprint density at radius 3 is 2.27 bits per heavy atom. The lowest BCUT2D eigenvalue weighted by Gasteiger charge is -2.11. The smallest absolute Gasteiger partial charge is 0.326 e. The number of nitrogens with one attached hydrogen (secondary N) is 2. The van der Waals surface area contributed by atoms with Gasteiger partial charge < -0.3 is 25.7 Å². The van der Waals surface area contributed by atoms with Crippen LogP contribution in [0.4, 0.5) is 0 Å². The van der Waals surface area contributed by atoms with Gasteiger partial charge in [0.2, 0.25) is 0 Å². The van der Waals surface area contributed by atoms with Crippen LogP contribution in [-0.4, -0.2) is 27.1 Å². The number of aliphatic hydroxyl groups is 1. The number of aliphatic hydroxyl groups excluding tert-OH is 1. The second-order valence-corrected chi connectivity index (χ2v) is 4.62. The molecule has 0 radical (unpaired) electrons. The van der Waals surface area contributed by atoms with Gasteiger partial charge in [-0.2, -0.15) is 0 Å². The summed E-state index contributed by atoms with van der Waals surface area (Å²) in [5.41, 5.74) is 2.54. The molecule has 8 heteroatoms. The van der Waals surface area contributed by atoms with E-state index in [4.69, 9.17) is 0 Å². The average Bonchev–Trinajstić information content (AvgIpc) is 2.47. The Morgan fingerprint density at radius 1 is 1.23 bits per heavy atom. The summed E-state index contributed by atoms with van der Waals surface area (Å²) in [6.07, 6.45) is -0.434. The Balaban J connectivity index is 0.000000220. The van der Waals surface area contributed by atoms with Crippen molar-refractivity contribution in [3.05, 3.63) is 68.5 Å². The minimum atomic E-state index is -1.59. The minimum Gasteiger partial charge on any atom is -0.543 e. The zero-order valence-corrected chi connectivity index (χ0v) is 11.9. The molecule has 1 aromatic heterocycles. The third-order valence-electron chi connectivity index (χ3n) is 2.66. The zero-order chi connectivity index (χ0) is 16.7. The van der Waals surface area contributed by atoms with E-state index < -0.39 is 29.0 Å². The van der Waals surface area contributed by atoms with Crippen LogP contribution in [0.15, 0.2) is 46.0 Å². The summed E-state index contributed by atoms with van der Waals surface area (Å²) >= 11 is 0. The van der Waals surface area contributed by atoms with Crippen molar-refractivity contribution in [2.24, 2.45) is 0 Å². The Labute approximate surface area is 125 Å². The van der Waals surface area contributed by atoms with E-state index in [1.165, 1.54) is 0 Å². The number of carboxylic acids is 1. The SMILES string of the molecule is CC([NH3+])C(O)c1ccccc1.O=C([O-])c1cc(=O)[nH]c(=O)[nH]1. The Morgan fingerprint density at radius 2 is 1.82 bits per heavy atom. The number of aromatic amines is 2. The molecule has 0 bridgehead atoms. The number of quaternary nitrogens is 1. The topological polar surface area (TPSA) is 154 Å². The molecule has 0 saturated carbocycles. The van der Waals surface area contributed by atoms with E-state index in [1.54, 1.807) is 0 Å². The fraction of sp³-hybridized carbons (Fsp3) is 0.214. The first-order valence-electron chi connectivity index (χ1n) is 6.42. The van der Waals surface area contributed by atoms with Gasteiger partial charge in [-0.15, -0.1) is 0 Å². The molecule has 0 spiro atoms. The first-order chi connectivity index (χ1) is 10.3. The molecule has 22 heavy (non-hydrogen) atoms. The molecule has 0 fully saturated rings. The van der Waals surface area contributed by atoms with Gasteiger partial charge in [-0.3, -0.25) is 9.78 Å². The van der Waals surface area contributed by atoms with Gasteiger partial charge in [0.15, 0.2) is 0 Å². The van der Waals surface area contributed by atoms with Crippen molar-refractivity contribution in [3.63, 3.8) is 0 Å². The van der Waals surface area contributed by atoms with Crippen molar-refractivity contribution in [1.29, 1.82) is 0 Å². The van der Waals surface area contributed by atoms with Crippen molar-refractivity contribution >= 4 is 5.97 Å². The molecule has 2 atom stereocenters. The van der Waals surface area contributed by atoms with E-state index in [9.17, 15) is 24.6 Å². The van der Waals surface area contributed by atoms with Crippen molar-refractivity contribution in [2.45, 2.75) is 19.1 Å². The van der Waals surface area contributed by atoms with Gasteiger partial charge in [0.25, 0.3) is 5.56 Å². The second kappa shape index (κ2) is 7.91. The molecule has 118 valence electrons. The number of rotatable bonds is 3. The summed E-state index contributed by atoms with van der Waals surface area (Å²) in [5.74, 6) is -1.59. The lowest BCUT2D eigenvalue weighted by molar-refractivity contribution is -0.433. The summed E-state index contributed by atoms with van der Waals surface area (Å²) in [4.78, 5) is 34.6. The second-order valence-electron chi connectivity index (χ2n) is 4.62. The Bertz CT molecular complexity index is 693. The first-order valence-corrected chi connectivity index (χ1v) is 6.42. The standard InChI is InChI=1S/C9H13NO.C5H4N2O4/c1-7(10)9(11)8-5-3-2-4-6-8;8-3-1-2(4(9)10)6-5(11)7-3/h2-7,9,11H,10H2,1H3;1H,(H,9,10)(H2,6,7,8,11). The third kappa shape index (κ3) is 5.35. The van der Waals surface area contributed by atoms with Gasteiger partial charge in [-0.25, -0.2) is 4.79 Å².